The third kappa shape index (κ3) is 26.2. The number of hydrogen-bond acceptors (Lipinski definition) is 13. The molecule has 0 fully saturated rings. The summed E-state index contributed by atoms with van der Waals surface area (Å²) in [6.07, 6.45) is 7.19. The van der Waals surface area contributed by atoms with Crippen molar-refractivity contribution < 1.29 is 49.5 Å². The molecule has 2 aromatic carbocycles. The molecule has 0 amide bonds. The minimum absolute atomic E-state index is 0.0129. The molecule has 0 aliphatic rings. The van der Waals surface area contributed by atoms with E-state index in [4.69, 9.17) is 88.6 Å². The summed E-state index contributed by atoms with van der Waals surface area (Å²) in [6, 6.07) is 11.4. The van der Waals surface area contributed by atoms with Crippen LogP contribution in [0.4, 0.5) is 0 Å². The fraction of sp³-hybridized carbons (Fsp3) is 0.400. The van der Waals surface area contributed by atoms with E-state index in [2.05, 4.69) is 24.9 Å². The molecule has 2 heterocycles. The molecule has 4 aromatic rings. The summed E-state index contributed by atoms with van der Waals surface area (Å²) in [4.78, 5) is 69.1. The van der Waals surface area contributed by atoms with Gasteiger partial charge in [-0.3, -0.25) is 38.9 Å². The maximum absolute atomic E-state index is 10.6. The predicted molar refractivity (Wildman–Crippen MR) is 252 cm³/mol. The molecule has 0 bridgehead atoms. The average molecular weight is 931 g/mol. The lowest BCUT2D eigenvalue weighted by atomic mass is 10.1. The van der Waals surface area contributed by atoms with Crippen molar-refractivity contribution >= 4 is 69.5 Å². The highest BCUT2D eigenvalue weighted by Gasteiger charge is 2.16. The third-order valence-corrected chi connectivity index (χ3v) is 8.72. The van der Waals surface area contributed by atoms with E-state index in [1.807, 2.05) is 60.9 Å². The molecular weight excluding hydrogens is 865 g/mol. The van der Waals surface area contributed by atoms with Crippen LogP contribution < -0.4 is 63.1 Å². The Hall–Kier alpha value is -7.52. The molecule has 4 rings (SSSR count). The highest BCUT2D eigenvalue weighted by Crippen LogP contribution is 2.19. The van der Waals surface area contributed by atoms with E-state index < -0.39 is 60.1 Å². The number of nitrogens with one attached hydrogen (secondary N) is 2. The Bertz CT molecular complexity index is 1990. The molecule has 0 aliphatic heterocycles. The summed E-state index contributed by atoms with van der Waals surface area (Å²) < 4.78 is 0. The summed E-state index contributed by atoms with van der Waals surface area (Å²) in [5.41, 5.74) is 60.8. The Morgan fingerprint density at radius 3 is 0.939 bits per heavy atom. The van der Waals surface area contributed by atoms with Crippen molar-refractivity contribution in [1.29, 1.82) is 0 Å². The van der Waals surface area contributed by atoms with Crippen molar-refractivity contribution in [2.24, 2.45) is 78.0 Å². The van der Waals surface area contributed by atoms with Gasteiger partial charge in [0.1, 0.15) is 30.2 Å². The number of benzene rings is 2. The van der Waals surface area contributed by atoms with Gasteiger partial charge < -0.3 is 98.6 Å². The van der Waals surface area contributed by atoms with E-state index in [0.717, 1.165) is 32.9 Å². The lowest BCUT2D eigenvalue weighted by Gasteiger charge is -2.04. The van der Waals surface area contributed by atoms with Crippen LogP contribution in [-0.2, 0) is 36.8 Å². The molecule has 26 nitrogen and oxygen atoms in total. The zero-order valence-electron chi connectivity index (χ0n) is 36.4. The van der Waals surface area contributed by atoms with Gasteiger partial charge in [0.15, 0.2) is 17.9 Å². The van der Waals surface area contributed by atoms with E-state index in [1.165, 1.54) is 0 Å². The molecule has 2 aromatic heterocycles. The fourth-order valence-electron chi connectivity index (χ4n) is 5.18. The summed E-state index contributed by atoms with van der Waals surface area (Å²) in [6.45, 7) is 1.26. The average Bonchev–Trinajstić information content (AvgIpc) is 3.86. The van der Waals surface area contributed by atoms with Crippen molar-refractivity contribution in [3.05, 3.63) is 72.1 Å². The zero-order valence-corrected chi connectivity index (χ0v) is 36.4. The van der Waals surface area contributed by atoms with Crippen LogP contribution in [0, 0.1) is 0 Å². The van der Waals surface area contributed by atoms with Crippen LogP contribution in [0.2, 0.25) is 0 Å². The van der Waals surface area contributed by atoms with Gasteiger partial charge in [-0.05, 0) is 61.8 Å². The highest BCUT2D eigenvalue weighted by molar-refractivity contribution is 5.85. The molecule has 29 N–H and O–H groups in total. The maximum Gasteiger partial charge on any atom is 0.320 e. The van der Waals surface area contributed by atoms with Crippen molar-refractivity contribution in [3.63, 3.8) is 0 Å². The second-order valence-corrected chi connectivity index (χ2v) is 14.2. The van der Waals surface area contributed by atoms with Gasteiger partial charge in [0.05, 0.1) is 0 Å². The number of aromatic amines is 2. The van der Waals surface area contributed by atoms with E-state index >= 15 is 0 Å². The second-order valence-electron chi connectivity index (χ2n) is 14.2. The van der Waals surface area contributed by atoms with Crippen LogP contribution in [-0.4, -0.2) is 133 Å². The third-order valence-electron chi connectivity index (χ3n) is 8.72. The molecule has 0 spiro atoms. The van der Waals surface area contributed by atoms with Crippen LogP contribution in [0.15, 0.2) is 75.9 Å². The first-order valence-corrected chi connectivity index (χ1v) is 20.2. The number of carboxylic acid groups (broad SMARTS) is 5. The smallest absolute Gasteiger partial charge is 0.320 e. The number of H-pyrrole nitrogens is 2. The van der Waals surface area contributed by atoms with Gasteiger partial charge in [0, 0.05) is 66.7 Å². The Morgan fingerprint density at radius 1 is 0.439 bits per heavy atom. The van der Waals surface area contributed by atoms with Gasteiger partial charge in [-0.2, -0.15) is 0 Å². The van der Waals surface area contributed by atoms with Gasteiger partial charge in [0.25, 0.3) is 0 Å². The summed E-state index contributed by atoms with van der Waals surface area (Å²) in [5.74, 6) is -4.91. The number of aromatic nitrogens is 2. The standard InChI is InChI=1S/2C11H12N2O2.3C6H14N4O2/c2*12-9(11(14)15)5-7-6-13-10-4-2-1-3-8(7)10;3*7-4(5(11)12)2-1-3-10-6(8)9/h2*1-4,6,9,13H,5,12H2,(H,14,15);3*4H,1-3,7H2,(H,11,12)(H4,8,9,10). The minimum Gasteiger partial charge on any atom is -0.480 e. The maximum atomic E-state index is 10.6. The first-order chi connectivity index (χ1) is 31.0. The molecule has 66 heavy (non-hydrogen) atoms. The summed E-state index contributed by atoms with van der Waals surface area (Å²) in [5, 5.41) is 44.6. The SMILES string of the molecule is NC(Cc1c[nH]c2ccccc12)C(=O)O.NC(Cc1c[nH]c2ccccc12)C(=O)O.NC(N)=NCCCC(N)C(=O)O.NC(N)=NCCCC(N)C(=O)O.NC(N)=NCCCC(N)C(=O)O. The Balaban J connectivity index is 0.000000805. The quantitative estimate of drug-likeness (QED) is 0.0235. The van der Waals surface area contributed by atoms with Crippen molar-refractivity contribution in [3.8, 4) is 0 Å². The van der Waals surface area contributed by atoms with Crippen molar-refractivity contribution in [2.45, 2.75) is 81.6 Å². The number of guanidine groups is 3. The van der Waals surface area contributed by atoms with Gasteiger partial charge in [0.2, 0.25) is 0 Å². The summed E-state index contributed by atoms with van der Waals surface area (Å²) in [7, 11) is 0. The van der Waals surface area contributed by atoms with Gasteiger partial charge in [-0.15, -0.1) is 0 Å². The normalized spacial score (nSPS) is 12.4. The van der Waals surface area contributed by atoms with Gasteiger partial charge in [-0.1, -0.05) is 36.4 Å². The van der Waals surface area contributed by atoms with E-state index in [1.54, 1.807) is 0 Å². The number of para-hydroxylation sites is 2. The topological polar surface area (TPSA) is 541 Å². The minimum atomic E-state index is -1.00. The number of aliphatic carboxylic acids is 5. The van der Waals surface area contributed by atoms with Crippen LogP contribution >= 0.6 is 0 Å². The van der Waals surface area contributed by atoms with Crippen molar-refractivity contribution in [2.75, 3.05) is 19.6 Å². The number of carbonyl (C=O) groups is 5. The van der Waals surface area contributed by atoms with Crippen LogP contribution in [0.5, 0.6) is 0 Å². The van der Waals surface area contributed by atoms with Crippen LogP contribution in [0.1, 0.15) is 49.7 Å². The number of carboxylic acids is 5. The molecule has 366 valence electrons. The number of fused-ring (bicyclic) bond motifs is 2. The molecule has 5 unspecified atom stereocenters. The van der Waals surface area contributed by atoms with Crippen molar-refractivity contribution in [1.82, 2.24) is 9.97 Å². The fourth-order valence-corrected chi connectivity index (χ4v) is 5.18. The first kappa shape index (κ1) is 58.5. The Kier molecular flexibility index (Phi) is 28.5. The molecule has 0 radical (unpaired) electrons. The predicted octanol–water partition coefficient (Wildman–Crippen LogP) is -2.40. The largest absolute Gasteiger partial charge is 0.480 e. The molecular formula is C40H66N16O10. The Labute approximate surface area is 379 Å². The highest BCUT2D eigenvalue weighted by atomic mass is 16.4. The van der Waals surface area contributed by atoms with Crippen LogP contribution in [0.25, 0.3) is 21.8 Å². The molecule has 26 heteroatoms. The van der Waals surface area contributed by atoms with E-state index in [9.17, 15) is 24.0 Å². The number of aliphatic imine (C=N–C) groups is 3. The van der Waals surface area contributed by atoms with Gasteiger partial charge >= 0.3 is 29.8 Å². The number of nitrogens with zero attached hydrogens (tertiary/aromatic N) is 3. The van der Waals surface area contributed by atoms with E-state index in [0.29, 0.717) is 71.0 Å². The number of nitrogens with two attached hydrogens (primary N) is 11. The number of hydrogen-bond donors (Lipinski definition) is 18. The van der Waals surface area contributed by atoms with Crippen LogP contribution in [0.3, 0.4) is 0 Å². The lowest BCUT2D eigenvalue weighted by Crippen LogP contribution is -2.32. The first-order valence-electron chi connectivity index (χ1n) is 20.2. The molecule has 0 aliphatic carbocycles. The molecule has 0 saturated heterocycles. The second kappa shape index (κ2) is 32.2. The molecule has 0 saturated carbocycles. The van der Waals surface area contributed by atoms with E-state index in [-0.39, 0.29) is 17.9 Å². The summed E-state index contributed by atoms with van der Waals surface area (Å²) >= 11 is 0. The zero-order chi connectivity index (χ0) is 50.4. The molecule has 5 atom stereocenters. The number of rotatable bonds is 21. The lowest BCUT2D eigenvalue weighted by molar-refractivity contribution is -0.139. The van der Waals surface area contributed by atoms with Gasteiger partial charge in [-0.25, -0.2) is 0 Å². The Morgan fingerprint density at radius 2 is 0.697 bits per heavy atom. The monoisotopic (exact) mass is 931 g/mol.